The zero-order chi connectivity index (χ0) is 19.2. The highest BCUT2D eigenvalue weighted by atomic mass is 32.1. The molecular formula is C20H24N4O2S. The number of benzene rings is 2. The van der Waals surface area contributed by atoms with Crippen LogP contribution in [-0.4, -0.2) is 40.0 Å². The SMILES string of the molecule is CCOc1ccc(CN(C)Cn2ncn(-c3ccccc3)c2=S)cc1OC. The normalized spacial score (nSPS) is 11.0. The summed E-state index contributed by atoms with van der Waals surface area (Å²) in [6, 6.07) is 16.0. The van der Waals surface area contributed by atoms with E-state index in [1.54, 1.807) is 13.4 Å². The van der Waals surface area contributed by atoms with Crippen molar-refractivity contribution in [3.63, 3.8) is 0 Å². The standard InChI is InChI=1S/C20H24N4O2S/c1-4-26-18-11-10-16(12-19(18)25-3)13-22(2)15-24-20(27)23(14-21-24)17-8-6-5-7-9-17/h5-12,14H,4,13,15H2,1-3H3. The molecule has 0 fully saturated rings. The van der Waals surface area contributed by atoms with E-state index in [1.165, 1.54) is 0 Å². The molecular weight excluding hydrogens is 360 g/mol. The van der Waals surface area contributed by atoms with Gasteiger partial charge in [-0.2, -0.15) is 5.10 Å². The average Bonchev–Trinajstić information content (AvgIpc) is 3.04. The van der Waals surface area contributed by atoms with Crippen LogP contribution >= 0.6 is 12.2 Å². The van der Waals surface area contributed by atoms with E-state index in [4.69, 9.17) is 21.7 Å². The van der Waals surface area contributed by atoms with Gasteiger partial charge in [-0.05, 0) is 56.0 Å². The summed E-state index contributed by atoms with van der Waals surface area (Å²) in [6.45, 7) is 3.90. The zero-order valence-electron chi connectivity index (χ0n) is 15.8. The molecule has 7 heteroatoms. The van der Waals surface area contributed by atoms with Crippen LogP contribution in [0.15, 0.2) is 54.9 Å². The number of nitrogens with zero attached hydrogens (tertiary/aromatic N) is 4. The second-order valence-electron chi connectivity index (χ2n) is 6.19. The quantitative estimate of drug-likeness (QED) is 0.551. The molecule has 0 unspecified atom stereocenters. The van der Waals surface area contributed by atoms with Crippen LogP contribution in [0, 0.1) is 4.77 Å². The molecule has 0 amide bonds. The van der Waals surface area contributed by atoms with Gasteiger partial charge in [0.15, 0.2) is 11.5 Å². The van der Waals surface area contributed by atoms with Gasteiger partial charge in [0.05, 0.1) is 20.4 Å². The largest absolute Gasteiger partial charge is 0.493 e. The van der Waals surface area contributed by atoms with Gasteiger partial charge in [-0.15, -0.1) is 0 Å². The predicted molar refractivity (Wildman–Crippen MR) is 108 cm³/mol. The summed E-state index contributed by atoms with van der Waals surface area (Å²) in [5, 5.41) is 4.43. The van der Waals surface area contributed by atoms with Crippen molar-refractivity contribution in [3.8, 4) is 17.2 Å². The molecule has 1 aromatic heterocycles. The van der Waals surface area contributed by atoms with E-state index in [2.05, 4.69) is 10.00 Å². The summed E-state index contributed by atoms with van der Waals surface area (Å²) in [7, 11) is 3.69. The van der Waals surface area contributed by atoms with Gasteiger partial charge >= 0.3 is 0 Å². The maximum atomic E-state index is 5.58. The van der Waals surface area contributed by atoms with E-state index >= 15 is 0 Å². The topological polar surface area (TPSA) is 44.5 Å². The van der Waals surface area contributed by atoms with Crippen molar-refractivity contribution in [3.05, 3.63) is 65.2 Å². The minimum absolute atomic E-state index is 0.591. The van der Waals surface area contributed by atoms with Gasteiger partial charge in [0, 0.05) is 12.2 Å². The van der Waals surface area contributed by atoms with Gasteiger partial charge in [0.1, 0.15) is 6.33 Å². The third-order valence-electron chi connectivity index (χ3n) is 4.12. The van der Waals surface area contributed by atoms with Crippen molar-refractivity contribution in [2.24, 2.45) is 0 Å². The van der Waals surface area contributed by atoms with Gasteiger partial charge < -0.3 is 9.47 Å². The van der Waals surface area contributed by atoms with Gasteiger partial charge in [0.25, 0.3) is 0 Å². The van der Waals surface area contributed by atoms with Crippen LogP contribution < -0.4 is 9.47 Å². The van der Waals surface area contributed by atoms with Crippen molar-refractivity contribution in [1.82, 2.24) is 19.2 Å². The average molecular weight is 385 g/mol. The van der Waals surface area contributed by atoms with E-state index in [0.717, 1.165) is 29.3 Å². The fourth-order valence-electron chi connectivity index (χ4n) is 2.88. The van der Waals surface area contributed by atoms with Crippen molar-refractivity contribution >= 4 is 12.2 Å². The molecule has 0 N–H and O–H groups in total. The van der Waals surface area contributed by atoms with Crippen LogP contribution in [0.3, 0.4) is 0 Å². The molecule has 0 aliphatic heterocycles. The molecule has 0 atom stereocenters. The molecule has 0 spiro atoms. The number of methoxy groups -OCH3 is 1. The fraction of sp³-hybridized carbons (Fsp3) is 0.300. The number of ether oxygens (including phenoxy) is 2. The van der Waals surface area contributed by atoms with Gasteiger partial charge in [-0.3, -0.25) is 9.47 Å². The minimum Gasteiger partial charge on any atom is -0.493 e. The lowest BCUT2D eigenvalue weighted by Gasteiger charge is -2.18. The highest BCUT2D eigenvalue weighted by Gasteiger charge is 2.09. The number of aromatic nitrogens is 3. The predicted octanol–water partition coefficient (Wildman–Crippen LogP) is 3.90. The van der Waals surface area contributed by atoms with Crippen molar-refractivity contribution < 1.29 is 9.47 Å². The highest BCUT2D eigenvalue weighted by Crippen LogP contribution is 2.28. The molecule has 1 heterocycles. The Bertz CT molecular complexity index is 937. The molecule has 0 radical (unpaired) electrons. The van der Waals surface area contributed by atoms with Gasteiger partial charge in [-0.25, -0.2) is 4.68 Å². The maximum Gasteiger partial charge on any atom is 0.203 e. The highest BCUT2D eigenvalue weighted by molar-refractivity contribution is 7.71. The maximum absolute atomic E-state index is 5.58. The summed E-state index contributed by atoms with van der Waals surface area (Å²) < 4.78 is 15.4. The zero-order valence-corrected chi connectivity index (χ0v) is 16.6. The molecule has 27 heavy (non-hydrogen) atoms. The first-order valence-corrected chi connectivity index (χ1v) is 9.21. The summed E-state index contributed by atoms with van der Waals surface area (Å²) in [5.41, 5.74) is 2.14. The van der Waals surface area contributed by atoms with Crippen LogP contribution in [0.25, 0.3) is 5.69 Å². The van der Waals surface area contributed by atoms with Gasteiger partial charge in [0.2, 0.25) is 4.77 Å². The molecule has 0 aliphatic carbocycles. The molecule has 6 nitrogen and oxygen atoms in total. The number of para-hydroxylation sites is 1. The second kappa shape index (κ2) is 8.83. The molecule has 0 saturated carbocycles. The summed E-state index contributed by atoms with van der Waals surface area (Å²) in [6.07, 6.45) is 1.76. The van der Waals surface area contributed by atoms with E-state index in [1.807, 2.05) is 71.8 Å². The third kappa shape index (κ3) is 4.56. The minimum atomic E-state index is 0.591. The van der Waals surface area contributed by atoms with Crippen LogP contribution in [-0.2, 0) is 13.2 Å². The number of hydrogen-bond donors (Lipinski definition) is 0. The molecule has 3 rings (SSSR count). The summed E-state index contributed by atoms with van der Waals surface area (Å²) in [5.74, 6) is 1.50. The van der Waals surface area contributed by atoms with Crippen molar-refractivity contribution in [1.29, 1.82) is 0 Å². The van der Waals surface area contributed by atoms with Crippen LogP contribution in [0.1, 0.15) is 12.5 Å². The Hall–Kier alpha value is -2.64. The first-order chi connectivity index (χ1) is 13.1. The van der Waals surface area contributed by atoms with Crippen molar-refractivity contribution in [2.75, 3.05) is 20.8 Å². The van der Waals surface area contributed by atoms with E-state index in [9.17, 15) is 0 Å². The number of hydrogen-bond acceptors (Lipinski definition) is 5. The first-order valence-electron chi connectivity index (χ1n) is 8.80. The van der Waals surface area contributed by atoms with Crippen molar-refractivity contribution in [2.45, 2.75) is 20.1 Å². The van der Waals surface area contributed by atoms with Crippen LogP contribution in [0.5, 0.6) is 11.5 Å². The molecule has 3 aromatic rings. The Labute approximate surface area is 164 Å². The molecule has 142 valence electrons. The van der Waals surface area contributed by atoms with E-state index in [-0.39, 0.29) is 0 Å². The summed E-state index contributed by atoms with van der Waals surface area (Å²) in [4.78, 5) is 2.15. The Morgan fingerprint density at radius 2 is 1.89 bits per heavy atom. The molecule has 0 bridgehead atoms. The first kappa shape index (κ1) is 19.1. The van der Waals surface area contributed by atoms with E-state index in [0.29, 0.717) is 18.0 Å². The molecule has 2 aromatic carbocycles. The Morgan fingerprint density at radius 1 is 1.11 bits per heavy atom. The van der Waals surface area contributed by atoms with Gasteiger partial charge in [-0.1, -0.05) is 24.3 Å². The summed E-state index contributed by atoms with van der Waals surface area (Å²) >= 11 is 5.58. The van der Waals surface area contributed by atoms with Crippen LogP contribution in [0.4, 0.5) is 0 Å². The monoisotopic (exact) mass is 384 g/mol. The van der Waals surface area contributed by atoms with Crippen LogP contribution in [0.2, 0.25) is 0 Å². The second-order valence-corrected chi connectivity index (χ2v) is 6.56. The third-order valence-corrected chi connectivity index (χ3v) is 4.53. The Kier molecular flexibility index (Phi) is 6.26. The lowest BCUT2D eigenvalue weighted by Crippen LogP contribution is -2.22. The van der Waals surface area contributed by atoms with E-state index < -0.39 is 0 Å². The number of rotatable bonds is 8. The Morgan fingerprint density at radius 3 is 2.59 bits per heavy atom. The molecule has 0 saturated heterocycles. The molecule has 0 aliphatic rings. The fourth-order valence-corrected chi connectivity index (χ4v) is 3.13. The smallest absolute Gasteiger partial charge is 0.203 e. The Balaban J connectivity index is 1.71. The lowest BCUT2D eigenvalue weighted by atomic mass is 10.2. The lowest BCUT2D eigenvalue weighted by molar-refractivity contribution is 0.243.